The van der Waals surface area contributed by atoms with Crippen molar-refractivity contribution in [3.63, 3.8) is 0 Å². The molecule has 0 saturated heterocycles. The fourth-order valence-corrected chi connectivity index (χ4v) is 2.88. The second-order valence-electron chi connectivity index (χ2n) is 5.24. The number of nitrogens with zero attached hydrogens (tertiary/aromatic N) is 3. The Kier molecular flexibility index (Phi) is 4.89. The molecular weight excluding hydrogens is 258 g/mol. The fraction of sp³-hybridized carbons (Fsp3) is 0.643. The molecule has 1 aromatic heterocycles. The fourth-order valence-electron chi connectivity index (χ4n) is 2.88. The minimum atomic E-state index is -0.414. The average molecular weight is 279 g/mol. The summed E-state index contributed by atoms with van der Waals surface area (Å²) in [5, 5.41) is 20.1. The van der Waals surface area contributed by atoms with E-state index in [-0.39, 0.29) is 12.3 Å². The molecule has 1 saturated carbocycles. The molecule has 0 aromatic carbocycles. The molecule has 0 radical (unpaired) electrons. The smallest absolute Gasteiger partial charge is 0.290 e. The molecule has 0 atom stereocenters. The summed E-state index contributed by atoms with van der Waals surface area (Å²) in [6.45, 7) is 2.24. The number of pyridine rings is 1. The van der Waals surface area contributed by atoms with Gasteiger partial charge in [-0.3, -0.25) is 10.1 Å². The second-order valence-corrected chi connectivity index (χ2v) is 5.24. The zero-order chi connectivity index (χ0) is 14.5. The van der Waals surface area contributed by atoms with Crippen LogP contribution < -0.4 is 4.90 Å². The average Bonchev–Trinajstić information content (AvgIpc) is 2.45. The maximum Gasteiger partial charge on any atom is 0.290 e. The Morgan fingerprint density at radius 1 is 1.40 bits per heavy atom. The Hall–Kier alpha value is -1.69. The second kappa shape index (κ2) is 6.65. The molecule has 1 heterocycles. The molecule has 1 aliphatic carbocycles. The lowest BCUT2D eigenvalue weighted by Crippen LogP contribution is -2.39. The summed E-state index contributed by atoms with van der Waals surface area (Å²) in [6.07, 6.45) is 5.84. The van der Waals surface area contributed by atoms with Crippen LogP contribution in [0.1, 0.15) is 37.8 Å². The van der Waals surface area contributed by atoms with Crippen LogP contribution in [0.3, 0.4) is 0 Å². The van der Waals surface area contributed by atoms with E-state index in [0.717, 1.165) is 18.7 Å². The van der Waals surface area contributed by atoms with Crippen LogP contribution >= 0.6 is 0 Å². The molecular formula is C14H21N3O3. The van der Waals surface area contributed by atoms with Crippen LogP contribution in [-0.4, -0.2) is 34.2 Å². The highest BCUT2D eigenvalue weighted by Crippen LogP contribution is 2.28. The summed E-state index contributed by atoms with van der Waals surface area (Å²) in [5.74, 6) is 0.731. The number of hydrogen-bond donors (Lipinski definition) is 1. The molecule has 1 aliphatic rings. The number of aromatic nitrogens is 1. The van der Waals surface area contributed by atoms with Gasteiger partial charge in [-0.05, 0) is 25.8 Å². The number of nitro groups is 1. The minimum absolute atomic E-state index is 0.0429. The van der Waals surface area contributed by atoms with E-state index in [0.29, 0.717) is 18.3 Å². The number of aliphatic hydroxyl groups is 1. The molecule has 1 aromatic rings. The van der Waals surface area contributed by atoms with E-state index in [4.69, 9.17) is 0 Å². The maximum atomic E-state index is 10.8. The third kappa shape index (κ3) is 3.25. The molecule has 110 valence electrons. The van der Waals surface area contributed by atoms with Crippen molar-refractivity contribution in [2.24, 2.45) is 0 Å². The van der Waals surface area contributed by atoms with Gasteiger partial charge in [0.15, 0.2) is 0 Å². The Morgan fingerprint density at radius 2 is 2.10 bits per heavy atom. The molecule has 0 unspecified atom stereocenters. The summed E-state index contributed by atoms with van der Waals surface area (Å²) < 4.78 is 0. The van der Waals surface area contributed by atoms with E-state index in [2.05, 4.69) is 9.88 Å². The van der Waals surface area contributed by atoms with Gasteiger partial charge in [-0.25, -0.2) is 4.98 Å². The number of aliphatic hydroxyl groups excluding tert-OH is 1. The summed E-state index contributed by atoms with van der Waals surface area (Å²) in [7, 11) is 0. The molecule has 0 amide bonds. The first-order chi connectivity index (χ1) is 9.63. The highest BCUT2D eigenvalue weighted by Gasteiger charge is 2.23. The van der Waals surface area contributed by atoms with Crippen LogP contribution in [0.15, 0.2) is 12.1 Å². The normalized spacial score (nSPS) is 16.1. The monoisotopic (exact) mass is 279 g/mol. The van der Waals surface area contributed by atoms with E-state index >= 15 is 0 Å². The molecule has 1 fully saturated rings. The van der Waals surface area contributed by atoms with Gasteiger partial charge in [0, 0.05) is 18.7 Å². The summed E-state index contributed by atoms with van der Waals surface area (Å²) >= 11 is 0. The van der Waals surface area contributed by atoms with Gasteiger partial charge >= 0.3 is 0 Å². The molecule has 0 bridgehead atoms. The molecule has 6 heteroatoms. The number of rotatable bonds is 5. The molecule has 20 heavy (non-hydrogen) atoms. The largest absolute Gasteiger partial charge is 0.395 e. The number of aryl methyl sites for hydroxylation is 1. The van der Waals surface area contributed by atoms with Crippen molar-refractivity contribution in [3.8, 4) is 0 Å². The maximum absolute atomic E-state index is 10.8. The van der Waals surface area contributed by atoms with Crippen LogP contribution in [0.2, 0.25) is 0 Å². The third-order valence-corrected chi connectivity index (χ3v) is 3.89. The van der Waals surface area contributed by atoms with Gasteiger partial charge in [-0.15, -0.1) is 0 Å². The Balaban J connectivity index is 2.24. The lowest BCUT2D eigenvalue weighted by Gasteiger charge is -2.35. The van der Waals surface area contributed by atoms with Crippen LogP contribution in [0.25, 0.3) is 0 Å². The van der Waals surface area contributed by atoms with Gasteiger partial charge in [-0.2, -0.15) is 0 Å². The van der Waals surface area contributed by atoms with E-state index < -0.39 is 4.92 Å². The summed E-state index contributed by atoms with van der Waals surface area (Å²) in [6, 6.07) is 3.57. The Bertz CT molecular complexity index is 473. The molecule has 2 rings (SSSR count). The zero-order valence-corrected chi connectivity index (χ0v) is 11.8. The van der Waals surface area contributed by atoms with Gasteiger partial charge in [-0.1, -0.05) is 19.3 Å². The molecule has 0 aliphatic heterocycles. The SMILES string of the molecule is Cc1nc(N(CCO)C2CCCCC2)ccc1[N+](=O)[O-]. The van der Waals surface area contributed by atoms with Gasteiger partial charge in [0.05, 0.1) is 11.5 Å². The summed E-state index contributed by atoms with van der Waals surface area (Å²) in [5.41, 5.74) is 0.465. The molecule has 0 spiro atoms. The molecule has 1 N–H and O–H groups in total. The van der Waals surface area contributed by atoms with Crippen molar-refractivity contribution in [1.29, 1.82) is 0 Å². The van der Waals surface area contributed by atoms with Gasteiger partial charge < -0.3 is 10.0 Å². The van der Waals surface area contributed by atoms with Crippen molar-refractivity contribution < 1.29 is 10.0 Å². The van der Waals surface area contributed by atoms with Gasteiger partial charge in [0.25, 0.3) is 5.69 Å². The topological polar surface area (TPSA) is 79.5 Å². The van der Waals surface area contributed by atoms with Crippen molar-refractivity contribution in [1.82, 2.24) is 4.98 Å². The van der Waals surface area contributed by atoms with E-state index in [9.17, 15) is 15.2 Å². The minimum Gasteiger partial charge on any atom is -0.395 e. The standard InChI is InChI=1S/C14H21N3O3/c1-11-13(17(19)20)7-8-14(15-11)16(9-10-18)12-5-3-2-4-6-12/h7-8,12,18H,2-6,9-10H2,1H3. The van der Waals surface area contributed by atoms with Crippen molar-refractivity contribution >= 4 is 11.5 Å². The first-order valence-electron chi connectivity index (χ1n) is 7.13. The lowest BCUT2D eigenvalue weighted by atomic mass is 9.94. The Labute approximate surface area is 118 Å². The first-order valence-corrected chi connectivity index (χ1v) is 7.13. The van der Waals surface area contributed by atoms with E-state index in [1.165, 1.54) is 25.3 Å². The van der Waals surface area contributed by atoms with Crippen LogP contribution in [0.4, 0.5) is 11.5 Å². The third-order valence-electron chi connectivity index (χ3n) is 3.89. The van der Waals surface area contributed by atoms with Gasteiger partial charge in [0.1, 0.15) is 11.5 Å². The Morgan fingerprint density at radius 3 is 2.65 bits per heavy atom. The van der Waals surface area contributed by atoms with E-state index in [1.807, 2.05) is 0 Å². The van der Waals surface area contributed by atoms with Gasteiger partial charge in [0.2, 0.25) is 0 Å². The predicted molar refractivity (Wildman–Crippen MR) is 76.9 cm³/mol. The van der Waals surface area contributed by atoms with E-state index in [1.54, 1.807) is 13.0 Å². The first kappa shape index (κ1) is 14.7. The number of hydrogen-bond acceptors (Lipinski definition) is 5. The van der Waals surface area contributed by atoms with Crippen LogP contribution in [-0.2, 0) is 0 Å². The van der Waals surface area contributed by atoms with Crippen molar-refractivity contribution in [2.45, 2.75) is 45.1 Å². The molecule has 6 nitrogen and oxygen atoms in total. The number of anilines is 1. The van der Waals surface area contributed by atoms with Crippen molar-refractivity contribution in [2.75, 3.05) is 18.1 Å². The predicted octanol–water partition coefficient (Wildman–Crippen LogP) is 2.43. The van der Waals surface area contributed by atoms with Crippen LogP contribution in [0.5, 0.6) is 0 Å². The van der Waals surface area contributed by atoms with Crippen LogP contribution in [0, 0.1) is 17.0 Å². The lowest BCUT2D eigenvalue weighted by molar-refractivity contribution is -0.385. The summed E-state index contributed by atoms with van der Waals surface area (Å²) in [4.78, 5) is 16.9. The highest BCUT2D eigenvalue weighted by molar-refractivity contribution is 5.47. The highest BCUT2D eigenvalue weighted by atomic mass is 16.6. The quantitative estimate of drug-likeness (QED) is 0.661. The zero-order valence-electron chi connectivity index (χ0n) is 11.8. The van der Waals surface area contributed by atoms with Crippen molar-refractivity contribution in [3.05, 3.63) is 27.9 Å².